The van der Waals surface area contributed by atoms with Gasteiger partial charge in [0.15, 0.2) is 0 Å². The molecule has 258 valence electrons. The quantitative estimate of drug-likeness (QED) is 0.106. The first kappa shape index (κ1) is 35.3. The highest BCUT2D eigenvalue weighted by Crippen LogP contribution is 2.39. The van der Waals surface area contributed by atoms with E-state index >= 15 is 0 Å². The molecular weight excluding hydrogens is 641 g/mol. The number of carbonyl (C=O) groups is 4. The van der Waals surface area contributed by atoms with Crippen LogP contribution in [0.5, 0.6) is 0 Å². The number of amides is 3. The number of rotatable bonds is 12. The van der Waals surface area contributed by atoms with Crippen LogP contribution in [0.2, 0.25) is 0 Å². The first-order valence-electron chi connectivity index (χ1n) is 16.0. The fraction of sp³-hybridized carbons (Fsp3) is 0.469. The molecule has 2 aliphatic heterocycles. The molecule has 16 heteroatoms. The third-order valence-electron chi connectivity index (χ3n) is 9.14. The molecule has 2 unspecified atom stereocenters. The van der Waals surface area contributed by atoms with Gasteiger partial charge in [-0.1, -0.05) is 6.07 Å². The molecule has 5 rings (SSSR count). The largest absolute Gasteiger partial charge is 0.396 e. The van der Waals surface area contributed by atoms with Gasteiger partial charge in [-0.15, -0.1) is 0 Å². The van der Waals surface area contributed by atoms with Crippen molar-refractivity contribution in [3.8, 4) is 0 Å². The number of fused-ring (bicyclic) bond motifs is 2. The van der Waals surface area contributed by atoms with Gasteiger partial charge in [0.1, 0.15) is 18.0 Å². The number of primary amides is 1. The second-order valence-electron chi connectivity index (χ2n) is 12.7. The van der Waals surface area contributed by atoms with Crippen molar-refractivity contribution in [2.75, 3.05) is 13.1 Å². The van der Waals surface area contributed by atoms with E-state index in [1.54, 1.807) is 23.2 Å². The molecule has 2 saturated heterocycles. The molecule has 2 aromatic heterocycles. The zero-order chi connectivity index (χ0) is 34.7. The Hall–Kier alpha value is -3.98. The number of H-pyrrole nitrogens is 1. The summed E-state index contributed by atoms with van der Waals surface area (Å²) < 4.78 is 11.5. The number of aromatic amines is 1. The summed E-state index contributed by atoms with van der Waals surface area (Å²) in [7, 11) is -4.99. The average Bonchev–Trinajstić information content (AvgIpc) is 3.66. The average molecular weight is 684 g/mol. The monoisotopic (exact) mass is 683 g/mol. The first-order valence-corrected chi connectivity index (χ1v) is 17.6. The van der Waals surface area contributed by atoms with Crippen LogP contribution in [0.1, 0.15) is 78.5 Å². The number of hydrogen-bond acceptors (Lipinski definition) is 9. The Morgan fingerprint density at radius 3 is 2.56 bits per heavy atom. The number of aliphatic hydroxyl groups is 1. The van der Waals surface area contributed by atoms with Gasteiger partial charge >= 0.3 is 7.60 Å². The molecule has 3 amide bonds. The van der Waals surface area contributed by atoms with E-state index in [-0.39, 0.29) is 42.2 Å². The molecule has 48 heavy (non-hydrogen) atoms. The summed E-state index contributed by atoms with van der Waals surface area (Å²) in [4.78, 5) is 81.3. The predicted molar refractivity (Wildman–Crippen MR) is 175 cm³/mol. The number of benzene rings is 1. The lowest BCUT2D eigenvalue weighted by Crippen LogP contribution is -2.62. The summed E-state index contributed by atoms with van der Waals surface area (Å²) in [6.07, 6.45) is 2.71. The van der Waals surface area contributed by atoms with E-state index < -0.39 is 49.3 Å². The lowest BCUT2D eigenvalue weighted by Gasteiger charge is -2.41. The third kappa shape index (κ3) is 8.00. The summed E-state index contributed by atoms with van der Waals surface area (Å²) in [6, 6.07) is 8.68. The van der Waals surface area contributed by atoms with Crippen molar-refractivity contribution in [3.63, 3.8) is 0 Å². The predicted octanol–water partition coefficient (Wildman–Crippen LogP) is 1.37. The zero-order valence-electron chi connectivity index (χ0n) is 26.8. The minimum atomic E-state index is -4.99. The summed E-state index contributed by atoms with van der Waals surface area (Å²) in [5.41, 5.74) is 5.08. The van der Waals surface area contributed by atoms with Crippen molar-refractivity contribution in [2.24, 2.45) is 5.73 Å². The van der Waals surface area contributed by atoms with E-state index in [9.17, 15) is 38.6 Å². The van der Waals surface area contributed by atoms with Crippen molar-refractivity contribution >= 4 is 41.7 Å². The maximum absolute atomic E-state index is 14.3. The highest BCUT2D eigenvalue weighted by Gasteiger charge is 2.45. The van der Waals surface area contributed by atoms with Crippen molar-refractivity contribution in [1.29, 1.82) is 0 Å². The number of hydrogen-bond donors (Lipinski definition) is 7. The molecule has 8 N–H and O–H groups in total. The molecule has 15 nitrogen and oxygen atoms in total. The number of aromatic nitrogens is 2. The van der Waals surface area contributed by atoms with Gasteiger partial charge < -0.3 is 35.8 Å². The summed E-state index contributed by atoms with van der Waals surface area (Å²) >= 11 is 0. The van der Waals surface area contributed by atoms with E-state index in [2.05, 4.69) is 25.5 Å². The van der Waals surface area contributed by atoms with Crippen LogP contribution in [0.25, 0.3) is 10.9 Å². The minimum Gasteiger partial charge on any atom is -0.376 e. The van der Waals surface area contributed by atoms with Crippen LogP contribution in [-0.4, -0.2) is 101 Å². The van der Waals surface area contributed by atoms with Gasteiger partial charge in [-0.05, 0) is 75.9 Å². The standard InChI is InChI=1S/C32H42N7O8P/c1-18(2)38-14-12-21-7-10-27(30(42)36-24(9-11-28(33)40)23-5-3-4-13-34-23)39(21)31(43)26(17-38)37-29(41)25-16-20-15-19(6-8-22(20)35-25)32(44)48(45,46)47/h3-6,8,13,15-16,18,21,24,26-27,30,35-36,42H,7,9-12,14,17H2,1-2H3,(H2,33,40)(H,37,41)(H2,45,46,47)/t21-,24+,26?,27+,30?/m1/s1. The fourth-order valence-corrected chi connectivity index (χ4v) is 7.09. The van der Waals surface area contributed by atoms with Crippen molar-refractivity contribution in [2.45, 2.75) is 82.4 Å². The Labute approximate surface area is 277 Å². The Bertz CT molecular complexity index is 1710. The van der Waals surface area contributed by atoms with Gasteiger partial charge in [0.25, 0.3) is 11.4 Å². The van der Waals surface area contributed by atoms with Gasteiger partial charge in [-0.2, -0.15) is 0 Å². The second-order valence-corrected chi connectivity index (χ2v) is 14.2. The molecule has 0 spiro atoms. The molecule has 5 atom stereocenters. The Morgan fingerprint density at radius 2 is 1.90 bits per heavy atom. The second kappa shape index (κ2) is 14.6. The molecule has 3 aromatic rings. The molecule has 1 aromatic carbocycles. The van der Waals surface area contributed by atoms with E-state index in [1.165, 1.54) is 24.3 Å². The number of nitrogens with zero attached hydrogens (tertiary/aromatic N) is 3. The van der Waals surface area contributed by atoms with Gasteiger partial charge in [0.05, 0.1) is 17.8 Å². The smallest absolute Gasteiger partial charge is 0.376 e. The van der Waals surface area contributed by atoms with Crippen molar-refractivity contribution < 1.29 is 38.6 Å². The molecular formula is C32H42N7O8P. The van der Waals surface area contributed by atoms with Crippen molar-refractivity contribution in [1.82, 2.24) is 30.4 Å². The van der Waals surface area contributed by atoms with Gasteiger partial charge in [0.2, 0.25) is 11.8 Å². The highest BCUT2D eigenvalue weighted by atomic mass is 31.2. The number of nitrogens with one attached hydrogen (secondary N) is 3. The van der Waals surface area contributed by atoms with Gasteiger partial charge in [0, 0.05) is 54.3 Å². The molecule has 0 aliphatic carbocycles. The Morgan fingerprint density at radius 1 is 1.12 bits per heavy atom. The molecule has 0 radical (unpaired) electrons. The van der Waals surface area contributed by atoms with Crippen LogP contribution in [0.3, 0.4) is 0 Å². The summed E-state index contributed by atoms with van der Waals surface area (Å²) in [5, 5.41) is 18.0. The highest BCUT2D eigenvalue weighted by molar-refractivity contribution is 7.70. The third-order valence-corrected chi connectivity index (χ3v) is 9.93. The minimum absolute atomic E-state index is 0.0745. The van der Waals surface area contributed by atoms with E-state index in [1.807, 2.05) is 19.9 Å². The number of pyridine rings is 1. The number of nitrogens with two attached hydrogens (primary N) is 1. The van der Waals surface area contributed by atoms with Crippen LogP contribution in [0.4, 0.5) is 0 Å². The zero-order valence-corrected chi connectivity index (χ0v) is 27.7. The molecule has 0 saturated carbocycles. The SMILES string of the molecule is CC(C)N1CC[C@H]2CC[C@@H](C(O)N[C@@H](CCC(N)=O)c3ccccn3)N2C(=O)C(NC(=O)c2cc3cc(C(=O)P(=O)(O)O)ccc3[nH]2)C1. The van der Waals surface area contributed by atoms with Crippen LogP contribution in [0.15, 0.2) is 48.7 Å². The lowest BCUT2D eigenvalue weighted by molar-refractivity contribution is -0.141. The maximum Gasteiger partial charge on any atom is 0.396 e. The first-order chi connectivity index (χ1) is 22.7. The number of carbonyl (C=O) groups excluding carboxylic acids is 4. The fourth-order valence-electron chi connectivity index (χ4n) is 6.62. The van der Waals surface area contributed by atoms with Crippen LogP contribution < -0.4 is 16.4 Å². The van der Waals surface area contributed by atoms with E-state index in [4.69, 9.17) is 5.73 Å². The summed E-state index contributed by atoms with van der Waals surface area (Å²) in [5.74, 6) is -1.39. The topological polar surface area (TPSA) is 231 Å². The van der Waals surface area contributed by atoms with Gasteiger partial charge in [-0.3, -0.25) is 38.9 Å². The molecule has 2 aliphatic rings. The van der Waals surface area contributed by atoms with Crippen molar-refractivity contribution in [3.05, 3.63) is 65.6 Å². The number of aliphatic hydroxyl groups excluding tert-OH is 1. The van der Waals surface area contributed by atoms with Crippen LogP contribution >= 0.6 is 7.60 Å². The lowest BCUT2D eigenvalue weighted by atomic mass is 10.0. The summed E-state index contributed by atoms with van der Waals surface area (Å²) in [6.45, 7) is 4.95. The van der Waals surface area contributed by atoms with Crippen LogP contribution in [0, 0.1) is 0 Å². The molecule has 0 bridgehead atoms. The maximum atomic E-state index is 14.3. The molecule has 2 fully saturated rings. The normalized spacial score (nSPS) is 21.8. The molecule has 4 heterocycles. The van der Waals surface area contributed by atoms with E-state index in [0.29, 0.717) is 48.8 Å². The van der Waals surface area contributed by atoms with E-state index in [0.717, 1.165) is 0 Å². The Kier molecular flexibility index (Phi) is 10.8. The Balaban J connectivity index is 1.37. The van der Waals surface area contributed by atoms with Gasteiger partial charge in [-0.25, -0.2) is 0 Å². The van der Waals surface area contributed by atoms with Crippen LogP contribution in [-0.2, 0) is 14.2 Å².